The van der Waals surface area contributed by atoms with E-state index in [2.05, 4.69) is 41.1 Å². The van der Waals surface area contributed by atoms with E-state index in [1.54, 1.807) is 18.4 Å². The van der Waals surface area contributed by atoms with Gasteiger partial charge in [0, 0.05) is 24.4 Å². The summed E-state index contributed by atoms with van der Waals surface area (Å²) < 4.78 is 0. The molecule has 7 heteroatoms. The fraction of sp³-hybridized carbons (Fsp3) is 0.500. The largest absolute Gasteiger partial charge is 0.391 e. The number of likely N-dealkylation sites (tertiary alicyclic amines) is 1. The molecular weight excluding hydrogens is 410 g/mol. The smallest absolute Gasteiger partial charge is 0.243 e. The summed E-state index contributed by atoms with van der Waals surface area (Å²) in [5.41, 5.74) is 3.11. The van der Waals surface area contributed by atoms with E-state index in [1.807, 2.05) is 32.9 Å². The van der Waals surface area contributed by atoms with Crippen LogP contribution in [0.3, 0.4) is 0 Å². The highest BCUT2D eigenvalue weighted by molar-refractivity contribution is 7.13. The van der Waals surface area contributed by atoms with Gasteiger partial charge in [0.2, 0.25) is 11.8 Å². The Labute approximate surface area is 188 Å². The van der Waals surface area contributed by atoms with Crippen molar-refractivity contribution in [2.24, 2.45) is 5.41 Å². The maximum atomic E-state index is 13.1. The van der Waals surface area contributed by atoms with Crippen LogP contribution in [0.1, 0.15) is 38.3 Å². The maximum Gasteiger partial charge on any atom is 0.243 e. The summed E-state index contributed by atoms with van der Waals surface area (Å²) in [7, 11) is 1.75. The summed E-state index contributed by atoms with van der Waals surface area (Å²) >= 11 is 1.72. The normalized spacial score (nSPS) is 20.0. The molecule has 0 bridgehead atoms. The molecule has 3 rings (SSSR count). The lowest BCUT2D eigenvalue weighted by atomic mass is 9.86. The Hall–Kier alpha value is -2.22. The average Bonchev–Trinajstić information content (AvgIpc) is 3.31. The van der Waals surface area contributed by atoms with Crippen molar-refractivity contribution in [3.63, 3.8) is 0 Å². The molecule has 0 saturated carbocycles. The Balaban J connectivity index is 1.65. The zero-order valence-electron chi connectivity index (χ0n) is 18.9. The number of benzene rings is 1. The predicted molar refractivity (Wildman–Crippen MR) is 125 cm³/mol. The number of likely N-dealkylation sites (N-methyl/N-ethyl adjacent to an activating group) is 1. The van der Waals surface area contributed by atoms with Gasteiger partial charge in [0.05, 0.1) is 12.1 Å². The van der Waals surface area contributed by atoms with Gasteiger partial charge in [-0.05, 0) is 47.5 Å². The second-order valence-electron chi connectivity index (χ2n) is 9.33. The second kappa shape index (κ2) is 9.51. The molecule has 1 aliphatic rings. The highest BCUT2D eigenvalue weighted by Gasteiger charge is 2.43. The molecule has 2 heterocycles. The van der Waals surface area contributed by atoms with Crippen LogP contribution in [-0.4, -0.2) is 53.6 Å². The van der Waals surface area contributed by atoms with Crippen LogP contribution >= 0.6 is 11.3 Å². The number of hydrogen-bond donors (Lipinski definition) is 3. The second-order valence-corrected chi connectivity index (χ2v) is 10.2. The molecule has 3 atom stereocenters. The van der Waals surface area contributed by atoms with Gasteiger partial charge >= 0.3 is 0 Å². The third kappa shape index (κ3) is 5.34. The molecule has 2 amide bonds. The number of rotatable bonds is 6. The molecule has 0 unspecified atom stereocenters. The SMILES string of the molecule is CN[C@H](C(=O)N1C[C@H](O)C[C@H]1C(=O)NCc1ccc(-c2sccc2C)cc1)C(C)(C)C. The van der Waals surface area contributed by atoms with E-state index < -0.39 is 18.2 Å². The van der Waals surface area contributed by atoms with Crippen LogP contribution in [0, 0.1) is 12.3 Å². The molecule has 168 valence electrons. The lowest BCUT2D eigenvalue weighted by Gasteiger charge is -2.34. The van der Waals surface area contributed by atoms with E-state index in [-0.39, 0.29) is 30.2 Å². The Bertz CT molecular complexity index is 917. The third-order valence-electron chi connectivity index (χ3n) is 5.81. The van der Waals surface area contributed by atoms with Gasteiger partial charge in [0.1, 0.15) is 6.04 Å². The quantitative estimate of drug-likeness (QED) is 0.641. The number of aliphatic hydroxyl groups excluding tert-OH is 1. The van der Waals surface area contributed by atoms with Crippen molar-refractivity contribution in [2.75, 3.05) is 13.6 Å². The molecule has 3 N–H and O–H groups in total. The Kier molecular flexibility index (Phi) is 7.19. The van der Waals surface area contributed by atoms with Gasteiger partial charge in [-0.3, -0.25) is 9.59 Å². The molecule has 31 heavy (non-hydrogen) atoms. The molecular formula is C24H33N3O3S. The fourth-order valence-electron chi connectivity index (χ4n) is 4.15. The van der Waals surface area contributed by atoms with Crippen molar-refractivity contribution >= 4 is 23.2 Å². The molecule has 1 aromatic heterocycles. The van der Waals surface area contributed by atoms with Crippen LogP contribution in [0.2, 0.25) is 0 Å². The minimum absolute atomic E-state index is 0.151. The number of nitrogens with zero attached hydrogens (tertiary/aromatic N) is 1. The van der Waals surface area contributed by atoms with Gasteiger partial charge in [-0.2, -0.15) is 0 Å². The first-order chi connectivity index (χ1) is 14.6. The zero-order chi connectivity index (χ0) is 22.8. The van der Waals surface area contributed by atoms with Crippen molar-refractivity contribution in [2.45, 2.75) is 58.8 Å². The summed E-state index contributed by atoms with van der Waals surface area (Å²) in [5.74, 6) is -0.380. The number of amides is 2. The van der Waals surface area contributed by atoms with E-state index in [9.17, 15) is 14.7 Å². The van der Waals surface area contributed by atoms with Gasteiger partial charge < -0.3 is 20.6 Å². The van der Waals surface area contributed by atoms with Crippen LogP contribution in [-0.2, 0) is 16.1 Å². The third-order valence-corrected chi connectivity index (χ3v) is 6.88. The monoisotopic (exact) mass is 443 g/mol. The van der Waals surface area contributed by atoms with Crippen LogP contribution in [0.5, 0.6) is 0 Å². The minimum atomic E-state index is -0.689. The molecule has 1 saturated heterocycles. The van der Waals surface area contributed by atoms with Gasteiger partial charge in [0.15, 0.2) is 0 Å². The molecule has 1 aliphatic heterocycles. The molecule has 1 aromatic carbocycles. The van der Waals surface area contributed by atoms with Crippen molar-refractivity contribution in [3.8, 4) is 10.4 Å². The lowest BCUT2D eigenvalue weighted by Crippen LogP contribution is -2.55. The number of aliphatic hydroxyl groups is 1. The van der Waals surface area contributed by atoms with Crippen LogP contribution in [0.4, 0.5) is 0 Å². The number of nitrogens with one attached hydrogen (secondary N) is 2. The standard InChI is InChI=1S/C24H33N3O3S/c1-15-10-11-31-20(15)17-8-6-16(7-9-17)13-26-22(29)19-12-18(28)14-27(19)23(30)21(25-5)24(2,3)4/h6-11,18-19,21,25,28H,12-14H2,1-5H3,(H,26,29)/t18-,19+,21-/m1/s1. The lowest BCUT2D eigenvalue weighted by molar-refractivity contribution is -0.142. The highest BCUT2D eigenvalue weighted by Crippen LogP contribution is 2.29. The van der Waals surface area contributed by atoms with Crippen LogP contribution < -0.4 is 10.6 Å². The van der Waals surface area contributed by atoms with Gasteiger partial charge in [-0.15, -0.1) is 11.3 Å². The summed E-state index contributed by atoms with van der Waals surface area (Å²) in [5, 5.41) is 18.3. The van der Waals surface area contributed by atoms with Crippen molar-refractivity contribution in [1.29, 1.82) is 0 Å². The number of β-amino-alcohol motifs (C(OH)–C–C–N with tert-alkyl or cyclic N) is 1. The van der Waals surface area contributed by atoms with Gasteiger partial charge in [-0.25, -0.2) is 0 Å². The number of thiophene rings is 1. The van der Waals surface area contributed by atoms with Crippen LogP contribution in [0.25, 0.3) is 10.4 Å². The Morgan fingerprint density at radius 1 is 1.23 bits per heavy atom. The molecule has 0 radical (unpaired) electrons. The van der Waals surface area contributed by atoms with Gasteiger partial charge in [0.25, 0.3) is 0 Å². The first-order valence-electron chi connectivity index (χ1n) is 10.7. The summed E-state index contributed by atoms with van der Waals surface area (Å²) in [6, 6.07) is 9.17. The van der Waals surface area contributed by atoms with E-state index in [0.717, 1.165) is 5.56 Å². The average molecular weight is 444 g/mol. The number of aryl methyl sites for hydroxylation is 1. The predicted octanol–water partition coefficient (Wildman–Crippen LogP) is 2.94. The van der Waals surface area contributed by atoms with Crippen LogP contribution in [0.15, 0.2) is 35.7 Å². The summed E-state index contributed by atoms with van der Waals surface area (Å²) in [6.45, 7) is 8.60. The topological polar surface area (TPSA) is 81.7 Å². The van der Waals surface area contributed by atoms with E-state index >= 15 is 0 Å². The van der Waals surface area contributed by atoms with E-state index in [4.69, 9.17) is 0 Å². The first kappa shape index (κ1) is 23.4. The highest BCUT2D eigenvalue weighted by atomic mass is 32.1. The van der Waals surface area contributed by atoms with Crippen molar-refractivity contribution in [3.05, 3.63) is 46.8 Å². The number of carbonyl (C=O) groups excluding carboxylic acids is 2. The molecule has 6 nitrogen and oxygen atoms in total. The Morgan fingerprint density at radius 3 is 2.45 bits per heavy atom. The summed E-state index contributed by atoms with van der Waals surface area (Å²) in [4.78, 5) is 28.8. The van der Waals surface area contributed by atoms with Gasteiger partial charge in [-0.1, -0.05) is 45.0 Å². The zero-order valence-corrected chi connectivity index (χ0v) is 19.8. The number of carbonyl (C=O) groups is 2. The van der Waals surface area contributed by atoms with E-state index in [1.165, 1.54) is 20.9 Å². The fourth-order valence-corrected chi connectivity index (χ4v) is 5.08. The molecule has 1 fully saturated rings. The van der Waals surface area contributed by atoms with E-state index in [0.29, 0.717) is 6.54 Å². The number of hydrogen-bond acceptors (Lipinski definition) is 5. The summed E-state index contributed by atoms with van der Waals surface area (Å²) in [6.07, 6.45) is -0.431. The van der Waals surface area contributed by atoms with Crippen molar-refractivity contribution in [1.82, 2.24) is 15.5 Å². The van der Waals surface area contributed by atoms with Crippen molar-refractivity contribution < 1.29 is 14.7 Å². The maximum absolute atomic E-state index is 13.1. The molecule has 2 aromatic rings. The molecule has 0 aliphatic carbocycles. The molecule has 0 spiro atoms. The first-order valence-corrected chi connectivity index (χ1v) is 11.6. The Morgan fingerprint density at radius 2 is 1.90 bits per heavy atom. The minimum Gasteiger partial charge on any atom is -0.391 e.